The Morgan fingerprint density at radius 3 is 3.08 bits per heavy atom. The molecule has 0 bridgehead atoms. The maximum atomic E-state index is 5.37. The molecule has 3 nitrogen and oxygen atoms in total. The van der Waals surface area contributed by atoms with Crippen LogP contribution in [0.2, 0.25) is 0 Å². The number of thiocarbonyl (C=S) groups is 1. The lowest BCUT2D eigenvalue weighted by Gasteiger charge is -2.09. The lowest BCUT2D eigenvalue weighted by Crippen LogP contribution is -2.17. The van der Waals surface area contributed by atoms with Crippen molar-refractivity contribution in [2.24, 2.45) is 5.73 Å². The van der Waals surface area contributed by atoms with E-state index in [-0.39, 0.29) is 0 Å². The van der Waals surface area contributed by atoms with E-state index in [1.807, 2.05) is 0 Å². The molecule has 70 valence electrons. The number of nitrogens with two attached hydrogens (primary N) is 1. The first-order valence-corrected chi connectivity index (χ1v) is 4.67. The Kier molecular flexibility index (Phi) is 4.50. The first-order valence-electron chi connectivity index (χ1n) is 4.26. The fourth-order valence-corrected chi connectivity index (χ4v) is 1.25. The summed E-state index contributed by atoms with van der Waals surface area (Å²) in [5, 5.41) is 0. The van der Waals surface area contributed by atoms with Crippen molar-refractivity contribution in [3.05, 3.63) is 0 Å². The zero-order valence-electron chi connectivity index (χ0n) is 7.12. The second-order valence-corrected chi connectivity index (χ2v) is 3.45. The lowest BCUT2D eigenvalue weighted by atomic mass is 10.2. The molecule has 0 saturated carbocycles. The minimum Gasteiger partial charge on any atom is -0.393 e. The van der Waals surface area contributed by atoms with Gasteiger partial charge in [0.25, 0.3) is 0 Å². The van der Waals surface area contributed by atoms with Crippen LogP contribution < -0.4 is 5.73 Å². The quantitative estimate of drug-likeness (QED) is 0.514. The maximum Gasteiger partial charge on any atom is 0.0809 e. The molecule has 1 rings (SSSR count). The molecule has 0 spiro atoms. The van der Waals surface area contributed by atoms with Crippen LogP contribution in [0.1, 0.15) is 19.3 Å². The Morgan fingerprint density at radius 1 is 1.67 bits per heavy atom. The average molecular weight is 189 g/mol. The van der Waals surface area contributed by atoms with Crippen LogP contribution in [0, 0.1) is 0 Å². The largest absolute Gasteiger partial charge is 0.393 e. The third kappa shape index (κ3) is 3.99. The molecule has 1 aliphatic rings. The average Bonchev–Trinajstić information content (AvgIpc) is 2.49. The summed E-state index contributed by atoms with van der Waals surface area (Å²) in [7, 11) is 0. The van der Waals surface area contributed by atoms with Crippen molar-refractivity contribution in [1.82, 2.24) is 0 Å². The molecule has 1 atom stereocenters. The highest BCUT2D eigenvalue weighted by molar-refractivity contribution is 7.80. The Bertz CT molecular complexity index is 146. The Morgan fingerprint density at radius 2 is 2.50 bits per heavy atom. The van der Waals surface area contributed by atoms with Gasteiger partial charge in [-0.15, -0.1) is 0 Å². The van der Waals surface area contributed by atoms with Crippen LogP contribution >= 0.6 is 12.2 Å². The van der Waals surface area contributed by atoms with Crippen molar-refractivity contribution < 1.29 is 9.47 Å². The summed E-state index contributed by atoms with van der Waals surface area (Å²) in [5.74, 6) is 0. The highest BCUT2D eigenvalue weighted by Gasteiger charge is 2.14. The molecule has 4 heteroatoms. The lowest BCUT2D eigenvalue weighted by molar-refractivity contribution is 0.0196. The van der Waals surface area contributed by atoms with Gasteiger partial charge in [0, 0.05) is 13.0 Å². The van der Waals surface area contributed by atoms with Crippen molar-refractivity contribution in [2.75, 3.05) is 19.8 Å². The van der Waals surface area contributed by atoms with E-state index in [4.69, 9.17) is 27.4 Å². The van der Waals surface area contributed by atoms with Crippen LogP contribution in [0.3, 0.4) is 0 Å². The summed E-state index contributed by atoms with van der Waals surface area (Å²) < 4.78 is 10.7. The first kappa shape index (κ1) is 9.89. The highest BCUT2D eigenvalue weighted by atomic mass is 32.1. The fourth-order valence-electron chi connectivity index (χ4n) is 1.16. The molecule has 0 aromatic heterocycles. The van der Waals surface area contributed by atoms with E-state index in [1.54, 1.807) is 0 Å². The van der Waals surface area contributed by atoms with Gasteiger partial charge in [0.2, 0.25) is 0 Å². The molecule has 1 fully saturated rings. The molecule has 0 radical (unpaired) electrons. The molecule has 1 aliphatic heterocycles. The van der Waals surface area contributed by atoms with Gasteiger partial charge in [-0.25, -0.2) is 0 Å². The van der Waals surface area contributed by atoms with Crippen LogP contribution in [0.25, 0.3) is 0 Å². The van der Waals surface area contributed by atoms with E-state index in [9.17, 15) is 0 Å². The van der Waals surface area contributed by atoms with Gasteiger partial charge in [-0.05, 0) is 12.8 Å². The van der Waals surface area contributed by atoms with Crippen molar-refractivity contribution in [2.45, 2.75) is 25.4 Å². The second-order valence-electron chi connectivity index (χ2n) is 2.93. The maximum absolute atomic E-state index is 5.37. The molecular weight excluding hydrogens is 174 g/mol. The molecule has 2 N–H and O–H groups in total. The summed E-state index contributed by atoms with van der Waals surface area (Å²) in [6.07, 6.45) is 3.25. The number of rotatable bonds is 5. The van der Waals surface area contributed by atoms with Gasteiger partial charge in [0.05, 0.1) is 24.3 Å². The van der Waals surface area contributed by atoms with Crippen LogP contribution in [-0.4, -0.2) is 30.9 Å². The molecule has 0 aromatic carbocycles. The molecule has 1 heterocycles. The van der Waals surface area contributed by atoms with Crippen molar-refractivity contribution >= 4 is 17.2 Å². The fraction of sp³-hybridized carbons (Fsp3) is 0.875. The first-order chi connectivity index (χ1) is 5.79. The highest BCUT2D eigenvalue weighted by Crippen LogP contribution is 2.11. The van der Waals surface area contributed by atoms with E-state index >= 15 is 0 Å². The molecule has 0 aromatic rings. The SMILES string of the molecule is NC(=S)CCOC[C@H]1CCCO1. The smallest absolute Gasteiger partial charge is 0.0809 e. The standard InChI is InChI=1S/C8H15NO2S/c9-8(12)3-5-10-6-7-2-1-4-11-7/h7H,1-6H2,(H2,9,12)/t7-/m1/s1. The van der Waals surface area contributed by atoms with Crippen LogP contribution in [0.5, 0.6) is 0 Å². The molecule has 0 aliphatic carbocycles. The van der Waals surface area contributed by atoms with Crippen LogP contribution in [-0.2, 0) is 9.47 Å². The van der Waals surface area contributed by atoms with Crippen molar-refractivity contribution in [1.29, 1.82) is 0 Å². The van der Waals surface area contributed by atoms with Gasteiger partial charge >= 0.3 is 0 Å². The Balaban J connectivity index is 1.91. The van der Waals surface area contributed by atoms with Gasteiger partial charge in [-0.2, -0.15) is 0 Å². The molecule has 1 saturated heterocycles. The second kappa shape index (κ2) is 5.45. The summed E-state index contributed by atoms with van der Waals surface area (Å²) >= 11 is 4.71. The van der Waals surface area contributed by atoms with Crippen molar-refractivity contribution in [3.8, 4) is 0 Å². The molecular formula is C8H15NO2S. The van der Waals surface area contributed by atoms with Gasteiger partial charge in [-0.1, -0.05) is 12.2 Å². The predicted molar refractivity (Wildman–Crippen MR) is 51.2 cm³/mol. The third-order valence-corrected chi connectivity index (χ3v) is 2.02. The van der Waals surface area contributed by atoms with Gasteiger partial charge in [0.15, 0.2) is 0 Å². The minimum absolute atomic E-state index is 0.302. The van der Waals surface area contributed by atoms with Crippen molar-refractivity contribution in [3.63, 3.8) is 0 Å². The van der Waals surface area contributed by atoms with Gasteiger partial charge in [0.1, 0.15) is 0 Å². The molecule has 0 unspecified atom stereocenters. The monoisotopic (exact) mass is 189 g/mol. The number of ether oxygens (including phenoxy) is 2. The van der Waals surface area contributed by atoms with E-state index in [1.165, 1.54) is 0 Å². The zero-order valence-corrected chi connectivity index (χ0v) is 7.94. The number of hydrogen-bond donors (Lipinski definition) is 1. The Labute approximate surface area is 78.2 Å². The van der Waals surface area contributed by atoms with Gasteiger partial charge < -0.3 is 15.2 Å². The van der Waals surface area contributed by atoms with Crippen LogP contribution in [0.15, 0.2) is 0 Å². The summed E-state index contributed by atoms with van der Waals surface area (Å²) in [6.45, 7) is 2.18. The molecule has 0 amide bonds. The summed E-state index contributed by atoms with van der Waals surface area (Å²) in [4.78, 5) is 0.516. The van der Waals surface area contributed by atoms with Crippen LogP contribution in [0.4, 0.5) is 0 Å². The van der Waals surface area contributed by atoms with Gasteiger partial charge in [-0.3, -0.25) is 0 Å². The van der Waals surface area contributed by atoms with E-state index in [0.717, 1.165) is 19.4 Å². The minimum atomic E-state index is 0.302. The van der Waals surface area contributed by atoms with E-state index < -0.39 is 0 Å². The summed E-state index contributed by atoms with van der Waals surface area (Å²) in [6, 6.07) is 0. The molecule has 12 heavy (non-hydrogen) atoms. The topological polar surface area (TPSA) is 44.5 Å². The number of hydrogen-bond acceptors (Lipinski definition) is 3. The van der Waals surface area contributed by atoms with E-state index in [0.29, 0.717) is 30.7 Å². The summed E-state index contributed by atoms with van der Waals surface area (Å²) in [5.41, 5.74) is 5.31. The van der Waals surface area contributed by atoms with E-state index in [2.05, 4.69) is 0 Å². The third-order valence-electron chi connectivity index (χ3n) is 1.82. The normalized spacial score (nSPS) is 22.8. The Hall–Kier alpha value is -0.190. The zero-order chi connectivity index (χ0) is 8.81. The predicted octanol–water partition coefficient (Wildman–Crippen LogP) is 0.858.